The predicted molar refractivity (Wildman–Crippen MR) is 83.6 cm³/mol. The van der Waals surface area contributed by atoms with Crippen molar-refractivity contribution in [2.24, 2.45) is 0 Å². The largest absolute Gasteiger partial charge is 0.335 e. The third-order valence-corrected chi connectivity index (χ3v) is 5.23. The van der Waals surface area contributed by atoms with Crippen LogP contribution < -0.4 is 5.32 Å². The number of aromatic nitrogens is 1. The lowest BCUT2D eigenvalue weighted by Gasteiger charge is -2.27. The average Bonchev–Trinajstić information content (AvgIpc) is 2.93. The number of carbonyl (C=O) groups excluding carboxylic acids is 1. The molecule has 0 bridgehead atoms. The van der Waals surface area contributed by atoms with Crippen molar-refractivity contribution < 1.29 is 4.79 Å². The van der Waals surface area contributed by atoms with Crippen LogP contribution in [0.5, 0.6) is 0 Å². The van der Waals surface area contributed by atoms with Gasteiger partial charge in [-0.15, -0.1) is 11.3 Å². The van der Waals surface area contributed by atoms with Gasteiger partial charge in [-0.05, 0) is 19.3 Å². The van der Waals surface area contributed by atoms with E-state index in [0.29, 0.717) is 5.92 Å². The number of nitrogens with zero attached hydrogens (tertiary/aromatic N) is 2. The van der Waals surface area contributed by atoms with Gasteiger partial charge in [0.25, 0.3) is 5.91 Å². The minimum atomic E-state index is 0.179. The van der Waals surface area contributed by atoms with E-state index < -0.39 is 0 Å². The van der Waals surface area contributed by atoms with Crippen molar-refractivity contribution in [3.05, 3.63) is 15.6 Å². The molecule has 0 unspecified atom stereocenters. The molecule has 1 aliphatic rings. The van der Waals surface area contributed by atoms with Crippen LogP contribution in [0.2, 0.25) is 0 Å². The first-order chi connectivity index (χ1) is 9.71. The van der Waals surface area contributed by atoms with Crippen molar-refractivity contribution in [3.63, 3.8) is 0 Å². The van der Waals surface area contributed by atoms with Gasteiger partial charge >= 0.3 is 0 Å². The van der Waals surface area contributed by atoms with Crippen LogP contribution in [0.3, 0.4) is 0 Å². The number of nitrogens with one attached hydrogen (secondary N) is 1. The summed E-state index contributed by atoms with van der Waals surface area (Å²) in [4.78, 5) is 20.2. The van der Waals surface area contributed by atoms with Crippen LogP contribution in [-0.4, -0.2) is 42.0 Å². The van der Waals surface area contributed by atoms with Gasteiger partial charge in [-0.1, -0.05) is 20.8 Å². The van der Waals surface area contributed by atoms with E-state index in [1.807, 2.05) is 4.90 Å². The lowest BCUT2D eigenvalue weighted by molar-refractivity contribution is 0.0739. The molecule has 5 heteroatoms. The third-order valence-electron chi connectivity index (χ3n) is 3.98. The molecule has 0 radical (unpaired) electrons. The molecular formula is C15H25N3OS. The monoisotopic (exact) mass is 295 g/mol. The summed E-state index contributed by atoms with van der Waals surface area (Å²) in [6.45, 7) is 9.87. The Bertz CT molecular complexity index is 448. The molecule has 0 spiro atoms. The summed E-state index contributed by atoms with van der Waals surface area (Å²) in [5.74, 6) is 0.674. The fourth-order valence-corrected chi connectivity index (χ4v) is 3.99. The van der Waals surface area contributed by atoms with Gasteiger partial charge < -0.3 is 10.2 Å². The molecular weight excluding hydrogens is 270 g/mol. The minimum Gasteiger partial charge on any atom is -0.335 e. The molecule has 0 aromatic carbocycles. The van der Waals surface area contributed by atoms with Crippen molar-refractivity contribution in [2.45, 2.75) is 46.0 Å². The number of thiazole rings is 1. The van der Waals surface area contributed by atoms with Crippen molar-refractivity contribution in [1.82, 2.24) is 15.2 Å². The number of piperazine rings is 1. The maximum absolute atomic E-state index is 12.7. The number of amides is 1. The van der Waals surface area contributed by atoms with Crippen molar-refractivity contribution >= 4 is 17.2 Å². The van der Waals surface area contributed by atoms with Crippen molar-refractivity contribution in [3.8, 4) is 0 Å². The van der Waals surface area contributed by atoms with Gasteiger partial charge in [-0.3, -0.25) is 4.79 Å². The second-order valence-corrected chi connectivity index (χ2v) is 6.27. The van der Waals surface area contributed by atoms with Gasteiger partial charge in [0.2, 0.25) is 0 Å². The Morgan fingerprint density at radius 3 is 2.50 bits per heavy atom. The van der Waals surface area contributed by atoms with Crippen LogP contribution >= 0.6 is 11.3 Å². The van der Waals surface area contributed by atoms with E-state index >= 15 is 0 Å². The lowest BCUT2D eigenvalue weighted by Crippen LogP contribution is -2.46. The van der Waals surface area contributed by atoms with E-state index in [-0.39, 0.29) is 5.91 Å². The molecule has 0 atom stereocenters. The van der Waals surface area contributed by atoms with Crippen LogP contribution in [0.15, 0.2) is 0 Å². The summed E-state index contributed by atoms with van der Waals surface area (Å²) in [5.41, 5.74) is 0.987. The maximum atomic E-state index is 12.7. The number of aryl methyl sites for hydroxylation is 1. The van der Waals surface area contributed by atoms with Gasteiger partial charge in [-0.25, -0.2) is 4.98 Å². The molecule has 1 amide bonds. The Hall–Kier alpha value is -0.940. The van der Waals surface area contributed by atoms with Gasteiger partial charge in [0.15, 0.2) is 0 Å². The quantitative estimate of drug-likeness (QED) is 0.908. The first-order valence-electron chi connectivity index (χ1n) is 7.70. The smallest absolute Gasteiger partial charge is 0.265 e. The molecule has 4 nitrogen and oxygen atoms in total. The molecule has 2 heterocycles. The summed E-state index contributed by atoms with van der Waals surface area (Å²) >= 11 is 1.62. The van der Waals surface area contributed by atoms with Crippen LogP contribution in [-0.2, 0) is 6.42 Å². The average molecular weight is 295 g/mol. The molecule has 1 aromatic rings. The van der Waals surface area contributed by atoms with Gasteiger partial charge in [0.1, 0.15) is 4.88 Å². The Balaban J connectivity index is 2.23. The second kappa shape index (κ2) is 7.18. The molecule has 0 aliphatic carbocycles. The predicted octanol–water partition coefficient (Wildman–Crippen LogP) is 2.65. The molecule has 1 N–H and O–H groups in total. The van der Waals surface area contributed by atoms with Gasteiger partial charge in [0.05, 0.1) is 10.7 Å². The maximum Gasteiger partial charge on any atom is 0.265 e. The van der Waals surface area contributed by atoms with E-state index in [2.05, 4.69) is 26.1 Å². The number of hydrogen-bond acceptors (Lipinski definition) is 4. The van der Waals surface area contributed by atoms with E-state index in [1.165, 1.54) is 0 Å². The molecule has 1 aromatic heterocycles. The summed E-state index contributed by atoms with van der Waals surface area (Å²) in [6, 6.07) is 0. The van der Waals surface area contributed by atoms with E-state index in [0.717, 1.165) is 61.0 Å². The first kappa shape index (κ1) is 15.4. The molecule has 0 saturated carbocycles. The highest BCUT2D eigenvalue weighted by Gasteiger charge is 2.25. The fourth-order valence-electron chi connectivity index (χ4n) is 2.60. The molecule has 2 rings (SSSR count). The first-order valence-corrected chi connectivity index (χ1v) is 8.52. The Morgan fingerprint density at radius 1 is 1.30 bits per heavy atom. The highest BCUT2D eigenvalue weighted by molar-refractivity contribution is 7.13. The standard InChI is InChI=1S/C15H25N3OS/c1-4-11(5-2)14-17-12(6-3)13(20-14)15(19)18-9-7-16-8-10-18/h11,16H,4-10H2,1-3H3. The zero-order valence-corrected chi connectivity index (χ0v) is 13.6. The molecule has 20 heavy (non-hydrogen) atoms. The van der Waals surface area contributed by atoms with E-state index in [1.54, 1.807) is 11.3 Å². The SMILES string of the molecule is CCc1nc(C(CC)CC)sc1C(=O)N1CCNCC1. The Morgan fingerprint density at radius 2 is 1.95 bits per heavy atom. The molecule has 1 saturated heterocycles. The summed E-state index contributed by atoms with van der Waals surface area (Å²) in [6.07, 6.45) is 3.02. The summed E-state index contributed by atoms with van der Waals surface area (Å²) < 4.78 is 0. The number of rotatable bonds is 5. The summed E-state index contributed by atoms with van der Waals surface area (Å²) in [5, 5.41) is 4.43. The molecule has 112 valence electrons. The topological polar surface area (TPSA) is 45.2 Å². The van der Waals surface area contributed by atoms with E-state index in [9.17, 15) is 4.79 Å². The highest BCUT2D eigenvalue weighted by Crippen LogP contribution is 2.30. The van der Waals surface area contributed by atoms with Crippen LogP contribution in [0.1, 0.15) is 59.9 Å². The van der Waals surface area contributed by atoms with Gasteiger partial charge in [0, 0.05) is 32.1 Å². The van der Waals surface area contributed by atoms with Crippen molar-refractivity contribution in [1.29, 1.82) is 0 Å². The fraction of sp³-hybridized carbons (Fsp3) is 0.733. The van der Waals surface area contributed by atoms with Crippen LogP contribution in [0, 0.1) is 0 Å². The zero-order valence-electron chi connectivity index (χ0n) is 12.7. The Labute approximate surface area is 125 Å². The zero-order chi connectivity index (χ0) is 14.5. The minimum absolute atomic E-state index is 0.179. The highest BCUT2D eigenvalue weighted by atomic mass is 32.1. The third kappa shape index (κ3) is 3.20. The van der Waals surface area contributed by atoms with Crippen LogP contribution in [0.25, 0.3) is 0 Å². The lowest BCUT2D eigenvalue weighted by atomic mass is 10.1. The molecule has 1 aliphatic heterocycles. The normalized spacial score (nSPS) is 15.9. The van der Waals surface area contributed by atoms with Crippen molar-refractivity contribution in [2.75, 3.05) is 26.2 Å². The summed E-state index contributed by atoms with van der Waals surface area (Å²) in [7, 11) is 0. The number of carbonyl (C=O) groups is 1. The number of hydrogen-bond donors (Lipinski definition) is 1. The van der Waals surface area contributed by atoms with Crippen LogP contribution in [0.4, 0.5) is 0 Å². The molecule has 1 fully saturated rings. The second-order valence-electron chi connectivity index (χ2n) is 5.24. The van der Waals surface area contributed by atoms with Gasteiger partial charge in [-0.2, -0.15) is 0 Å². The Kier molecular flexibility index (Phi) is 5.54. The van der Waals surface area contributed by atoms with E-state index in [4.69, 9.17) is 4.98 Å².